The molecule has 6 nitrogen and oxygen atoms in total. The average molecular weight is 453 g/mol. The number of thiophene rings is 1. The number of amides is 4. The van der Waals surface area contributed by atoms with Gasteiger partial charge in [-0.3, -0.25) is 24.2 Å². The predicted octanol–water partition coefficient (Wildman–Crippen LogP) is 4.04. The number of hydrogen-bond donors (Lipinski definition) is 0. The van der Waals surface area contributed by atoms with Gasteiger partial charge in [0.1, 0.15) is 11.1 Å². The van der Waals surface area contributed by atoms with Crippen LogP contribution < -0.4 is 4.90 Å². The van der Waals surface area contributed by atoms with Crippen LogP contribution in [0.5, 0.6) is 0 Å². The number of halogens is 1. The lowest BCUT2D eigenvalue weighted by molar-refractivity contribution is 0.0655. The minimum absolute atomic E-state index is 0.00462. The summed E-state index contributed by atoms with van der Waals surface area (Å²) in [5.41, 5.74) is 0.588. The van der Waals surface area contributed by atoms with Gasteiger partial charge < -0.3 is 17.4 Å². The number of imide groups is 2. The standard InChI is InChI=1S/C22H15FN2O4S2/c23-16-7-3-8-17(25(22(29)30)21(28)18-9-4-12-31-18)15(16)10-11-24-19(26)13-5-1-2-6-14(13)20(24)27/h1-9,12H,10-11H2,(H,29,30)/p-1. The maximum atomic E-state index is 14.7. The first-order chi connectivity index (χ1) is 14.9. The van der Waals surface area contributed by atoms with Gasteiger partial charge in [-0.2, -0.15) is 0 Å². The van der Waals surface area contributed by atoms with Crippen molar-refractivity contribution in [2.45, 2.75) is 6.42 Å². The first kappa shape index (κ1) is 20.8. The SMILES string of the molecule is O=C1c2ccccc2C(=O)N1CCc1c(F)cccc1N(C(=O)[S-])C(=O)c1cccs1. The van der Waals surface area contributed by atoms with E-state index in [4.69, 9.17) is 12.6 Å². The third-order valence-corrected chi connectivity index (χ3v) is 5.96. The molecule has 4 rings (SSSR count). The van der Waals surface area contributed by atoms with Gasteiger partial charge in [-0.05, 0) is 42.1 Å². The quantitative estimate of drug-likeness (QED) is 0.431. The lowest BCUT2D eigenvalue weighted by Crippen LogP contribution is -2.36. The molecule has 0 spiro atoms. The highest BCUT2D eigenvalue weighted by Gasteiger charge is 2.35. The molecule has 1 aliphatic heterocycles. The maximum Gasteiger partial charge on any atom is 0.273 e. The van der Waals surface area contributed by atoms with E-state index in [0.29, 0.717) is 0 Å². The Morgan fingerprint density at radius 2 is 1.65 bits per heavy atom. The maximum absolute atomic E-state index is 14.7. The van der Waals surface area contributed by atoms with Gasteiger partial charge in [-0.25, -0.2) is 4.39 Å². The van der Waals surface area contributed by atoms with Crippen LogP contribution in [0, 0.1) is 5.82 Å². The Hall–Kier alpha value is -3.43. The molecule has 0 fully saturated rings. The molecule has 31 heavy (non-hydrogen) atoms. The largest absolute Gasteiger partial charge is 0.718 e. The van der Waals surface area contributed by atoms with Gasteiger partial charge in [-0.1, -0.05) is 24.3 Å². The fourth-order valence-corrected chi connectivity index (χ4v) is 4.31. The van der Waals surface area contributed by atoms with Gasteiger partial charge in [0.15, 0.2) is 0 Å². The first-order valence-corrected chi connectivity index (χ1v) is 10.5. The van der Waals surface area contributed by atoms with Crippen LogP contribution in [0.25, 0.3) is 0 Å². The molecule has 0 saturated carbocycles. The topological polar surface area (TPSA) is 74.8 Å². The summed E-state index contributed by atoms with van der Waals surface area (Å²) >= 11 is 5.87. The molecule has 2 aromatic carbocycles. The second-order valence-electron chi connectivity index (χ2n) is 6.68. The fraction of sp³-hybridized carbons (Fsp3) is 0.0909. The van der Waals surface area contributed by atoms with Crippen molar-refractivity contribution in [3.8, 4) is 0 Å². The van der Waals surface area contributed by atoms with Gasteiger partial charge in [-0.15, -0.1) is 11.3 Å². The smallest absolute Gasteiger partial charge is 0.273 e. The minimum Gasteiger partial charge on any atom is -0.718 e. The number of benzene rings is 2. The van der Waals surface area contributed by atoms with Crippen molar-refractivity contribution in [1.82, 2.24) is 4.90 Å². The number of nitrogens with zero attached hydrogens (tertiary/aromatic N) is 2. The van der Waals surface area contributed by atoms with Gasteiger partial charge in [0.2, 0.25) is 0 Å². The second-order valence-corrected chi connectivity index (χ2v) is 7.98. The van der Waals surface area contributed by atoms with Crippen molar-refractivity contribution in [2.24, 2.45) is 0 Å². The Balaban J connectivity index is 1.65. The third kappa shape index (κ3) is 3.73. The van der Waals surface area contributed by atoms with Crippen LogP contribution in [-0.4, -0.2) is 34.4 Å². The molecule has 4 amide bonds. The molecule has 1 aromatic heterocycles. The van der Waals surface area contributed by atoms with E-state index in [0.717, 1.165) is 21.1 Å². The zero-order chi connectivity index (χ0) is 22.1. The minimum atomic E-state index is -0.981. The Kier molecular flexibility index (Phi) is 5.62. The summed E-state index contributed by atoms with van der Waals surface area (Å²) in [5, 5.41) is 0.694. The van der Waals surface area contributed by atoms with Gasteiger partial charge in [0.25, 0.3) is 17.7 Å². The Morgan fingerprint density at radius 1 is 0.968 bits per heavy atom. The zero-order valence-electron chi connectivity index (χ0n) is 15.9. The summed E-state index contributed by atoms with van der Waals surface area (Å²) in [7, 11) is 0. The van der Waals surface area contributed by atoms with E-state index >= 15 is 0 Å². The summed E-state index contributed by atoms with van der Waals surface area (Å²) in [4.78, 5) is 52.2. The molecule has 0 atom stereocenters. The summed E-state index contributed by atoms with van der Waals surface area (Å²) in [5.74, 6) is -2.27. The second kappa shape index (κ2) is 8.37. The molecule has 0 unspecified atom stereocenters. The van der Waals surface area contributed by atoms with Gasteiger partial charge >= 0.3 is 0 Å². The molecule has 0 radical (unpaired) electrons. The average Bonchev–Trinajstić information content (AvgIpc) is 3.36. The Bertz CT molecular complexity index is 1170. The van der Waals surface area contributed by atoms with Crippen LogP contribution in [0.4, 0.5) is 14.9 Å². The first-order valence-electron chi connectivity index (χ1n) is 9.21. The van der Waals surface area contributed by atoms with E-state index in [1.165, 1.54) is 24.3 Å². The zero-order valence-corrected chi connectivity index (χ0v) is 17.5. The van der Waals surface area contributed by atoms with E-state index in [1.54, 1.807) is 35.7 Å². The number of rotatable bonds is 5. The van der Waals surface area contributed by atoms with Crippen molar-refractivity contribution in [1.29, 1.82) is 0 Å². The van der Waals surface area contributed by atoms with Crippen LogP contribution in [0.2, 0.25) is 0 Å². The van der Waals surface area contributed by atoms with Crippen LogP contribution in [0.3, 0.4) is 0 Å². The monoisotopic (exact) mass is 453 g/mol. The highest BCUT2D eigenvalue weighted by atomic mass is 32.1. The van der Waals surface area contributed by atoms with E-state index in [2.05, 4.69) is 0 Å². The molecule has 1 aliphatic rings. The van der Waals surface area contributed by atoms with Crippen LogP contribution in [-0.2, 0) is 19.0 Å². The van der Waals surface area contributed by atoms with Gasteiger partial charge in [0, 0.05) is 12.1 Å². The molecule has 3 aromatic rings. The van der Waals surface area contributed by atoms with E-state index in [9.17, 15) is 23.6 Å². The van der Waals surface area contributed by atoms with E-state index < -0.39 is 28.8 Å². The highest BCUT2D eigenvalue weighted by molar-refractivity contribution is 7.77. The molecule has 0 N–H and O–H groups in total. The van der Waals surface area contributed by atoms with E-state index in [1.807, 2.05) is 0 Å². The van der Waals surface area contributed by atoms with Crippen molar-refractivity contribution in [2.75, 3.05) is 11.4 Å². The molecule has 0 aliphatic carbocycles. The normalized spacial score (nSPS) is 12.7. The molecule has 0 bridgehead atoms. The van der Waals surface area contributed by atoms with Crippen LogP contribution in [0.15, 0.2) is 60.0 Å². The summed E-state index contributed by atoms with van der Waals surface area (Å²) in [6, 6.07) is 13.6. The molecule has 2 heterocycles. The van der Waals surface area contributed by atoms with Crippen LogP contribution in [0.1, 0.15) is 36.0 Å². The lowest BCUT2D eigenvalue weighted by atomic mass is 10.1. The Labute approximate surface area is 186 Å². The Morgan fingerprint density at radius 3 is 2.23 bits per heavy atom. The van der Waals surface area contributed by atoms with Crippen molar-refractivity contribution in [3.63, 3.8) is 0 Å². The number of hydrogen-bond acceptors (Lipinski definition) is 6. The predicted molar refractivity (Wildman–Crippen MR) is 116 cm³/mol. The fourth-order valence-electron chi connectivity index (χ4n) is 3.47. The van der Waals surface area contributed by atoms with Crippen molar-refractivity contribution >= 4 is 52.6 Å². The summed E-state index contributed by atoms with van der Waals surface area (Å²) in [6.45, 7) is -0.118. The summed E-state index contributed by atoms with van der Waals surface area (Å²) in [6.07, 6.45) is -0.0929. The van der Waals surface area contributed by atoms with Crippen molar-refractivity contribution in [3.05, 3.63) is 87.4 Å². The lowest BCUT2D eigenvalue weighted by Gasteiger charge is -2.27. The third-order valence-electron chi connectivity index (χ3n) is 4.92. The molecular weight excluding hydrogens is 439 g/mol. The molecular formula is C22H14FN2O4S2-. The number of fused-ring (bicyclic) bond motifs is 1. The van der Waals surface area contributed by atoms with Gasteiger partial charge in [0.05, 0.1) is 21.7 Å². The summed E-state index contributed by atoms with van der Waals surface area (Å²) < 4.78 is 14.7. The highest BCUT2D eigenvalue weighted by Crippen LogP contribution is 2.29. The number of carbonyl (C=O) groups excluding carboxylic acids is 4. The molecule has 9 heteroatoms. The van der Waals surface area contributed by atoms with E-state index in [-0.39, 0.29) is 40.2 Å². The molecule has 156 valence electrons. The number of anilines is 1. The number of carbonyl (C=O) groups is 4. The molecule has 0 saturated heterocycles. The van der Waals surface area contributed by atoms with Crippen molar-refractivity contribution < 1.29 is 23.6 Å². The van der Waals surface area contributed by atoms with Crippen LogP contribution >= 0.6 is 11.3 Å².